The van der Waals surface area contributed by atoms with Crippen LogP contribution in [0.1, 0.15) is 458 Å². The van der Waals surface area contributed by atoms with Gasteiger partial charge in [-0.15, -0.1) is 5.10 Å². The number of nitrogens with zero attached hydrogens (tertiary/aromatic N) is 6. The Hall–Kier alpha value is -5.62. The Kier molecular flexibility index (Phi) is 277. The molecule has 1 unspecified atom stereocenters. The third kappa shape index (κ3) is 178. The highest BCUT2D eigenvalue weighted by Gasteiger charge is 2.12. The van der Waals surface area contributed by atoms with Crippen molar-refractivity contribution in [1.29, 1.82) is 0 Å². The summed E-state index contributed by atoms with van der Waals surface area (Å²) in [4.78, 5) is 14.9. The number of hydrogen-bond donors (Lipinski definition) is 0. The molecule has 2 heterocycles. The van der Waals surface area contributed by atoms with Gasteiger partial charge in [-0.2, -0.15) is 5.10 Å². The molecule has 6 nitrogen and oxygen atoms in total. The van der Waals surface area contributed by atoms with E-state index in [1.807, 2.05) is 343 Å². The second kappa shape index (κ2) is 193. The van der Waals surface area contributed by atoms with E-state index in [1.165, 1.54) is 123 Å². The maximum absolute atomic E-state index is 3.81. The van der Waals surface area contributed by atoms with E-state index < -0.39 is 0 Å². The van der Waals surface area contributed by atoms with Gasteiger partial charge >= 0.3 is 0 Å². The number of allylic oxidation sites excluding steroid dienone is 6. The Morgan fingerprint density at radius 2 is 0.605 bits per heavy atom. The summed E-state index contributed by atoms with van der Waals surface area (Å²) in [5, 5.41) is 9.74. The molecule has 686 valence electrons. The number of benzene rings is 4. The minimum atomic E-state index is 0.759. The first-order chi connectivity index (χ1) is 55.9. The highest BCUT2D eigenvalue weighted by molar-refractivity contribution is 5.85. The summed E-state index contributed by atoms with van der Waals surface area (Å²) >= 11 is 0. The summed E-state index contributed by atoms with van der Waals surface area (Å²) in [5.41, 5.74) is 4.98. The van der Waals surface area contributed by atoms with Gasteiger partial charge in [-0.3, -0.25) is 0 Å². The fraction of sp³-hybridized carbons (Fsp3) is 0.685. The van der Waals surface area contributed by atoms with E-state index >= 15 is 0 Å². The summed E-state index contributed by atoms with van der Waals surface area (Å²) in [6.45, 7) is 112. The Labute approximate surface area is 729 Å². The van der Waals surface area contributed by atoms with E-state index in [-0.39, 0.29) is 0 Å². The monoisotopic (exact) mass is 1610 g/mol. The van der Waals surface area contributed by atoms with Gasteiger partial charge in [0.1, 0.15) is 24.8 Å². The zero-order valence-corrected chi connectivity index (χ0v) is 89.4. The van der Waals surface area contributed by atoms with E-state index in [9.17, 15) is 0 Å². The first-order valence-electron chi connectivity index (χ1n) is 48.5. The molecule has 6 aromatic rings. The van der Waals surface area contributed by atoms with Crippen LogP contribution in [0.15, 0.2) is 165 Å². The fourth-order valence-corrected chi connectivity index (χ4v) is 6.41. The minimum absolute atomic E-state index is 0.759. The van der Waals surface area contributed by atoms with Gasteiger partial charge in [0, 0.05) is 0 Å². The summed E-state index contributed by atoms with van der Waals surface area (Å²) in [6, 6.07) is 35.5. The number of hydrogen-bond acceptors (Lipinski definition) is 6. The Bertz CT molecular complexity index is 2090. The zero-order chi connectivity index (χ0) is 95.0. The first-order valence-corrected chi connectivity index (χ1v) is 48.5. The zero-order valence-electron chi connectivity index (χ0n) is 89.4. The van der Waals surface area contributed by atoms with Crippen molar-refractivity contribution in [3.05, 3.63) is 193 Å². The van der Waals surface area contributed by atoms with Gasteiger partial charge in [0.25, 0.3) is 0 Å². The van der Waals surface area contributed by atoms with E-state index in [0.29, 0.717) is 0 Å². The quantitative estimate of drug-likeness (QED) is 0.153. The van der Waals surface area contributed by atoms with Crippen molar-refractivity contribution < 1.29 is 0 Å². The maximum atomic E-state index is 3.81. The lowest BCUT2D eigenvalue weighted by Gasteiger charge is -2.18. The lowest BCUT2D eigenvalue weighted by Crippen LogP contribution is -2.04. The van der Waals surface area contributed by atoms with Crippen LogP contribution >= 0.6 is 0 Å². The van der Waals surface area contributed by atoms with Crippen LogP contribution in [-0.2, 0) is 6.42 Å². The molecule has 3 saturated carbocycles. The Balaban J connectivity index is -0.0000000421. The largest absolute Gasteiger partial charge is 0.238 e. The summed E-state index contributed by atoms with van der Waals surface area (Å²) in [5.74, 6) is 6.61. The molecule has 0 aliphatic heterocycles. The molecule has 3 fully saturated rings. The van der Waals surface area contributed by atoms with Gasteiger partial charge in [-0.1, -0.05) is 556 Å². The third-order valence-electron chi connectivity index (χ3n) is 12.1. The van der Waals surface area contributed by atoms with E-state index in [2.05, 4.69) is 208 Å². The predicted molar refractivity (Wildman–Crippen MR) is 552 cm³/mol. The molecule has 0 bridgehead atoms. The van der Waals surface area contributed by atoms with Crippen molar-refractivity contribution in [3.8, 4) is 0 Å². The van der Waals surface area contributed by atoms with Crippen LogP contribution in [0.3, 0.4) is 0 Å². The topological polar surface area (TPSA) is 77.3 Å². The van der Waals surface area contributed by atoms with E-state index in [4.69, 9.17) is 0 Å². The molecule has 0 saturated heterocycles. The number of rotatable bonds is 1. The normalized spacial score (nSPS) is 11.2. The highest BCUT2D eigenvalue weighted by atomic mass is 15.1. The standard InChI is InChI=1S/C11H10.C8H10.C7H8.C6H12.C6H10.C5H10.C5H8.2C4H5N3.C4H8.C4H6.22C2H6/c1-9-5-4-7-10-6-2-3-8-11(9)10;1-2-8-6-4-3-5-7-8;1-7-5-3-2-4-6-7;2*1-6-4-2-3-5-6;2*1-5-3-2-4-5;1-4-6-2-5-3-7-4;1-4-2-6-7-3-5-4;2*1-4-2-3-4;22*1-2/h2-8H,1H3;3-7H,2H2,1H3;2-6H,1H3;6H,2-5H2,1H3;2-3,6H,4-5H2,1H3;5H,2-4H2,1H3;2-3,5H,4H2,1H3;2*2-3H,1H3;4H,2-3H2,1H3;2-4H,1H3;22*1-2H3. The summed E-state index contributed by atoms with van der Waals surface area (Å²) < 4.78 is 0. The lowest BCUT2D eigenvalue weighted by molar-refractivity contribution is 0.346. The highest BCUT2D eigenvalue weighted by Crippen LogP contribution is 2.27. The Morgan fingerprint density at radius 3 is 0.772 bits per heavy atom. The van der Waals surface area contributed by atoms with Gasteiger partial charge in [0.05, 0.1) is 11.9 Å². The SMILES string of the molecule is CC.CC.CC.CC.CC.CC.CC.CC.CC.CC.CC.CC.CC.CC.CC.CC.CC.CC.CC.CC.CC.CC.CC1C=C1.CC1C=CC1.CC1CC1.CC1CC=CC1.CC1CCC1.CC1CCCC1.CCc1ccccc1.Cc1cccc2ccccc12.Cc1ccccc1.Cc1cnncn1.Cc1ncncn1. The van der Waals surface area contributed by atoms with Crippen LogP contribution in [0, 0.1) is 63.2 Å². The number of aromatic nitrogens is 6. The van der Waals surface area contributed by atoms with Crippen LogP contribution < -0.4 is 0 Å². The van der Waals surface area contributed by atoms with Crippen molar-refractivity contribution in [2.24, 2.45) is 35.5 Å². The number of aryl methyl sites for hydroxylation is 5. The second-order valence-corrected chi connectivity index (χ2v) is 19.8. The van der Waals surface area contributed by atoms with Gasteiger partial charge in [-0.05, 0) is 111 Å². The molecule has 0 spiro atoms. The van der Waals surface area contributed by atoms with Crippen LogP contribution in [-0.4, -0.2) is 30.1 Å². The minimum Gasteiger partial charge on any atom is -0.238 e. The van der Waals surface area contributed by atoms with E-state index in [0.717, 1.165) is 53.4 Å². The first kappa shape index (κ1) is 164. The molecule has 0 radical (unpaired) electrons. The van der Waals surface area contributed by atoms with Crippen molar-refractivity contribution in [2.75, 3.05) is 0 Å². The van der Waals surface area contributed by atoms with Gasteiger partial charge in [0.2, 0.25) is 0 Å². The van der Waals surface area contributed by atoms with Crippen molar-refractivity contribution in [3.63, 3.8) is 0 Å². The molecular formula is C108H224N6. The molecule has 2 aromatic heterocycles. The second-order valence-electron chi connectivity index (χ2n) is 19.8. The van der Waals surface area contributed by atoms with Crippen LogP contribution in [0.2, 0.25) is 0 Å². The number of fused-ring (bicyclic) bond motifs is 1. The molecule has 1 atom stereocenters. The fourth-order valence-electron chi connectivity index (χ4n) is 6.41. The van der Waals surface area contributed by atoms with Crippen molar-refractivity contribution in [1.82, 2.24) is 30.1 Å². The van der Waals surface area contributed by atoms with Crippen LogP contribution in [0.4, 0.5) is 0 Å². The average Bonchev–Trinajstić information content (AvgIpc) is 0.895. The molecule has 6 heteroatoms. The smallest absolute Gasteiger partial charge is 0.138 e. The van der Waals surface area contributed by atoms with Gasteiger partial charge < -0.3 is 0 Å². The van der Waals surface area contributed by atoms with Crippen LogP contribution in [0.5, 0.6) is 0 Å². The molecule has 6 aliphatic carbocycles. The maximum Gasteiger partial charge on any atom is 0.138 e. The van der Waals surface area contributed by atoms with Gasteiger partial charge in [-0.25, -0.2) is 19.9 Å². The molecule has 114 heavy (non-hydrogen) atoms. The van der Waals surface area contributed by atoms with Crippen LogP contribution in [0.25, 0.3) is 10.8 Å². The van der Waals surface area contributed by atoms with Gasteiger partial charge in [0.15, 0.2) is 0 Å². The predicted octanol–water partition coefficient (Wildman–Crippen LogP) is 40.5. The molecule has 6 aliphatic rings. The molecule has 12 rings (SSSR count). The summed E-state index contributed by atoms with van der Waals surface area (Å²) in [7, 11) is 0. The molecule has 4 aromatic carbocycles. The summed E-state index contributed by atoms with van der Waals surface area (Å²) in [6.07, 6.45) is 37.7. The molecule has 0 N–H and O–H groups in total. The lowest BCUT2D eigenvalue weighted by atomic mass is 9.88. The van der Waals surface area contributed by atoms with Crippen molar-refractivity contribution >= 4 is 10.8 Å². The van der Waals surface area contributed by atoms with E-state index in [1.54, 1.807) is 6.20 Å². The third-order valence-corrected chi connectivity index (χ3v) is 12.1. The molecule has 0 amide bonds. The van der Waals surface area contributed by atoms with Crippen molar-refractivity contribution in [2.45, 2.75) is 464 Å². The Morgan fingerprint density at radius 1 is 0.298 bits per heavy atom. The average molecular weight is 1610 g/mol. The molecular weight excluding hydrogens is 1380 g/mol.